The van der Waals surface area contributed by atoms with Gasteiger partial charge in [0.2, 0.25) is 11.8 Å². The first kappa shape index (κ1) is 31.9. The summed E-state index contributed by atoms with van der Waals surface area (Å²) in [5.41, 5.74) is 0.702. The molecule has 5 heterocycles. The molecule has 2 atom stereocenters. The molecule has 15 heteroatoms. The number of aromatic amines is 1. The third-order valence-corrected chi connectivity index (χ3v) is 9.74. The smallest absolute Gasteiger partial charge is 0.410 e. The minimum Gasteiger partial charge on any atom is -0.477 e. The number of aliphatic carboxylic acids is 1. The summed E-state index contributed by atoms with van der Waals surface area (Å²) in [4.78, 5) is 74.4. The molecule has 45 heavy (non-hydrogen) atoms. The first-order valence-electron chi connectivity index (χ1n) is 14.1. The number of hydrogen-bond donors (Lipinski definition) is 3. The van der Waals surface area contributed by atoms with Gasteiger partial charge in [-0.05, 0) is 30.2 Å². The number of carbonyl (C=O) groups is 5. The van der Waals surface area contributed by atoms with Gasteiger partial charge in [-0.15, -0.1) is 23.5 Å². The summed E-state index contributed by atoms with van der Waals surface area (Å²) >= 11 is 2.71. The van der Waals surface area contributed by atoms with E-state index >= 15 is 0 Å². The Labute approximate surface area is 267 Å². The average Bonchev–Trinajstić information content (AvgIpc) is 3.72. The van der Waals surface area contributed by atoms with Crippen LogP contribution in [0.3, 0.4) is 0 Å². The Balaban J connectivity index is 0.000000729. The van der Waals surface area contributed by atoms with Crippen molar-refractivity contribution in [1.82, 2.24) is 30.0 Å². The van der Waals surface area contributed by atoms with Gasteiger partial charge in [-0.2, -0.15) is 0 Å². The molecule has 0 spiro atoms. The third kappa shape index (κ3) is 7.26. The molecule has 4 amide bonds. The van der Waals surface area contributed by atoms with E-state index in [2.05, 4.69) is 21.9 Å². The van der Waals surface area contributed by atoms with Crippen LogP contribution in [0.2, 0.25) is 0 Å². The van der Waals surface area contributed by atoms with E-state index in [1.807, 2.05) is 30.3 Å². The van der Waals surface area contributed by atoms with E-state index < -0.39 is 29.4 Å². The largest absolute Gasteiger partial charge is 0.477 e. The number of ether oxygens (including phenoxy) is 1. The van der Waals surface area contributed by atoms with Gasteiger partial charge in [-0.1, -0.05) is 30.9 Å². The molecule has 0 aliphatic carbocycles. The first-order chi connectivity index (χ1) is 21.8. The molecular weight excluding hydrogens is 620 g/mol. The number of fused-ring (bicyclic) bond motifs is 1. The number of nitrogens with zero attached hydrogens (tertiary/aromatic N) is 4. The number of benzene rings is 1. The van der Waals surface area contributed by atoms with Crippen molar-refractivity contribution in [3.05, 3.63) is 84.6 Å². The number of allylic oxidation sites excluding steroid dienone is 1. The van der Waals surface area contributed by atoms with E-state index in [9.17, 15) is 29.1 Å². The maximum absolute atomic E-state index is 13.1. The summed E-state index contributed by atoms with van der Waals surface area (Å²) in [6, 6.07) is 8.48. The highest BCUT2D eigenvalue weighted by Gasteiger charge is 2.54. The number of likely N-dealkylation sites (tertiary alicyclic amines) is 2. The molecule has 4 aliphatic heterocycles. The van der Waals surface area contributed by atoms with Crippen LogP contribution in [0.25, 0.3) is 0 Å². The number of carboxylic acids is 1. The van der Waals surface area contributed by atoms with Gasteiger partial charge in [0, 0.05) is 48.2 Å². The maximum Gasteiger partial charge on any atom is 0.410 e. The fraction of sp³-hybridized carbons (Fsp3) is 0.333. The molecule has 0 saturated carbocycles. The molecule has 236 valence electrons. The van der Waals surface area contributed by atoms with Crippen LogP contribution in [0.4, 0.5) is 4.79 Å². The van der Waals surface area contributed by atoms with Gasteiger partial charge in [0.25, 0.3) is 5.91 Å². The van der Waals surface area contributed by atoms with Gasteiger partial charge in [-0.25, -0.2) is 14.6 Å². The van der Waals surface area contributed by atoms with E-state index in [1.165, 1.54) is 39.4 Å². The number of carbonyl (C=O) groups excluding carboxylic acids is 4. The lowest BCUT2D eigenvalue weighted by Crippen LogP contribution is -2.70. The zero-order chi connectivity index (χ0) is 31.9. The lowest BCUT2D eigenvalue weighted by molar-refractivity contribution is -0.150. The highest BCUT2D eigenvalue weighted by molar-refractivity contribution is 8.00. The van der Waals surface area contributed by atoms with E-state index in [1.54, 1.807) is 29.7 Å². The zero-order valence-electron chi connectivity index (χ0n) is 24.2. The van der Waals surface area contributed by atoms with E-state index in [0.29, 0.717) is 37.2 Å². The quantitative estimate of drug-likeness (QED) is 0.158. The summed E-state index contributed by atoms with van der Waals surface area (Å²) in [6.07, 6.45) is 8.14. The average molecular weight is 653 g/mol. The monoisotopic (exact) mass is 652 g/mol. The Kier molecular flexibility index (Phi) is 10.3. The number of nitrogens with one attached hydrogen (secondary N) is 2. The normalized spacial score (nSPS) is 21.8. The summed E-state index contributed by atoms with van der Waals surface area (Å²) in [6.45, 7) is 4.83. The van der Waals surface area contributed by atoms with Crippen molar-refractivity contribution in [3.8, 4) is 0 Å². The van der Waals surface area contributed by atoms with Crippen LogP contribution in [0, 0.1) is 0 Å². The molecule has 3 saturated heterocycles. The van der Waals surface area contributed by atoms with Crippen molar-refractivity contribution in [2.45, 2.75) is 28.8 Å². The third-order valence-electron chi connectivity index (χ3n) is 7.43. The van der Waals surface area contributed by atoms with E-state index in [4.69, 9.17) is 4.74 Å². The maximum atomic E-state index is 13.1. The molecule has 1 aromatic heterocycles. The summed E-state index contributed by atoms with van der Waals surface area (Å²) in [5.74, 6) is -1.83. The van der Waals surface area contributed by atoms with E-state index in [-0.39, 0.29) is 41.7 Å². The fourth-order valence-electron chi connectivity index (χ4n) is 5.20. The van der Waals surface area contributed by atoms with Crippen molar-refractivity contribution in [3.63, 3.8) is 0 Å². The van der Waals surface area contributed by atoms with Crippen molar-refractivity contribution < 1.29 is 33.8 Å². The van der Waals surface area contributed by atoms with Crippen LogP contribution < -0.4 is 5.32 Å². The van der Waals surface area contributed by atoms with Crippen molar-refractivity contribution >= 4 is 53.3 Å². The molecule has 2 aromatic rings. The number of β-lactam (4-membered cyclic amide) rings is 1. The number of thioether (sulfide) groups is 2. The number of carboxylic acid groups (broad SMARTS) is 1. The van der Waals surface area contributed by atoms with Gasteiger partial charge >= 0.3 is 12.1 Å². The number of rotatable bonds is 9. The lowest BCUT2D eigenvalue weighted by atomic mass is 10.0. The number of H-pyrrole nitrogens is 1. The number of amides is 4. The van der Waals surface area contributed by atoms with Crippen LogP contribution in [0.5, 0.6) is 0 Å². The van der Waals surface area contributed by atoms with Crippen molar-refractivity contribution in [2.75, 3.05) is 37.7 Å². The van der Waals surface area contributed by atoms with Crippen LogP contribution in [0.1, 0.15) is 6.42 Å². The molecule has 3 N–H and O–H groups in total. The van der Waals surface area contributed by atoms with Crippen LogP contribution >= 0.6 is 23.5 Å². The predicted octanol–water partition coefficient (Wildman–Crippen LogP) is 2.09. The number of hydrogen-bond acceptors (Lipinski definition) is 9. The highest BCUT2D eigenvalue weighted by Crippen LogP contribution is 2.41. The number of imidazole rings is 1. The highest BCUT2D eigenvalue weighted by atomic mass is 32.2. The summed E-state index contributed by atoms with van der Waals surface area (Å²) < 4.78 is 5.01. The van der Waals surface area contributed by atoms with Gasteiger partial charge < -0.3 is 29.9 Å². The second kappa shape index (κ2) is 14.5. The molecule has 4 aliphatic rings. The predicted molar refractivity (Wildman–Crippen MR) is 167 cm³/mol. The molecule has 0 unspecified atom stereocenters. The molecule has 13 nitrogen and oxygen atoms in total. The molecule has 0 radical (unpaired) electrons. The molecule has 0 bridgehead atoms. The van der Waals surface area contributed by atoms with Crippen molar-refractivity contribution in [1.29, 1.82) is 0 Å². The minimum absolute atomic E-state index is 0.120. The summed E-state index contributed by atoms with van der Waals surface area (Å²) in [7, 11) is 0. The fourth-order valence-corrected chi connectivity index (χ4v) is 7.24. The molecule has 3 fully saturated rings. The number of aromatic nitrogens is 2. The Morgan fingerprint density at radius 1 is 1.22 bits per heavy atom. The van der Waals surface area contributed by atoms with E-state index in [0.717, 1.165) is 4.90 Å². The van der Waals surface area contributed by atoms with Crippen LogP contribution in [0.15, 0.2) is 89.5 Å². The molecule has 1 aromatic carbocycles. The first-order valence-corrected chi connectivity index (χ1v) is 16.2. The minimum atomic E-state index is -1.26. The topological polar surface area (TPSA) is 165 Å². The Bertz CT molecular complexity index is 1490. The van der Waals surface area contributed by atoms with Gasteiger partial charge in [0.15, 0.2) is 0 Å². The Hall–Kier alpha value is -4.50. The van der Waals surface area contributed by atoms with Crippen LogP contribution in [-0.4, -0.2) is 115 Å². The summed E-state index contributed by atoms with van der Waals surface area (Å²) in [5, 5.41) is 12.2. The zero-order valence-corrected chi connectivity index (χ0v) is 25.8. The molecular formula is C30H32N6O7S2. The van der Waals surface area contributed by atoms with Gasteiger partial charge in [0.1, 0.15) is 23.7 Å². The second-order valence-corrected chi connectivity index (χ2v) is 12.5. The standard InChI is InChI=1S/C27H28N4O7S2.C3H4N2/c1-2-10-38-27(37)29-12-18(13-29)30-9-8-16(23(30)33)11-17-14-40-25-21(24(34)31(25)22(17)26(35)36)28-20(32)15-39-19-6-4-3-5-7-19;1-2-5-3-4-1/h2-7,11,18,21,25H,1,8-10,12-15H2,(H,28,32)(H,35,36);1-3H,(H,4,5)/t21-,25-;/m1./s1. The van der Waals surface area contributed by atoms with Crippen LogP contribution in [-0.2, 0) is 23.9 Å². The van der Waals surface area contributed by atoms with Gasteiger partial charge in [-0.3, -0.25) is 19.3 Å². The second-order valence-electron chi connectivity index (χ2n) is 10.3. The van der Waals surface area contributed by atoms with Gasteiger partial charge in [0.05, 0.1) is 18.1 Å². The lowest BCUT2D eigenvalue weighted by Gasteiger charge is -2.49. The Morgan fingerprint density at radius 2 is 2.00 bits per heavy atom. The molecule has 6 rings (SSSR count). The SMILES string of the molecule is C=CCOC(=O)N1CC(N2CCC(=CC3=C(C(=O)O)N4C(=O)[C@@H](NC(=O)CSc5ccccc5)[C@H]4SC3)C2=O)C1.c1c[nH]cn1. The Morgan fingerprint density at radius 3 is 2.64 bits per heavy atom. The van der Waals surface area contributed by atoms with Crippen molar-refractivity contribution in [2.24, 2.45) is 0 Å².